The van der Waals surface area contributed by atoms with Crippen molar-refractivity contribution in [1.82, 2.24) is 9.97 Å². The number of alkyl halides is 2. The van der Waals surface area contributed by atoms with Gasteiger partial charge in [-0.25, -0.2) is 18.7 Å². The summed E-state index contributed by atoms with van der Waals surface area (Å²) in [5.41, 5.74) is 1.58. The average Bonchev–Trinajstić information content (AvgIpc) is 3.12. The van der Waals surface area contributed by atoms with Crippen molar-refractivity contribution in [3.8, 4) is 0 Å². The van der Waals surface area contributed by atoms with Gasteiger partial charge in [-0.1, -0.05) is 11.6 Å². The second kappa shape index (κ2) is 3.88. The van der Waals surface area contributed by atoms with Crippen LogP contribution in [0.25, 0.3) is 10.9 Å². The summed E-state index contributed by atoms with van der Waals surface area (Å²) in [5.74, 6) is 0.349. The number of rotatable bonds is 2. The van der Waals surface area contributed by atoms with E-state index < -0.39 is 6.43 Å². The molecule has 3 rings (SSSR count). The Bertz CT molecular complexity index is 582. The van der Waals surface area contributed by atoms with E-state index in [9.17, 15) is 8.78 Å². The van der Waals surface area contributed by atoms with Crippen LogP contribution in [0.1, 0.15) is 36.3 Å². The van der Waals surface area contributed by atoms with Crippen molar-refractivity contribution >= 4 is 22.5 Å². The Hall–Kier alpha value is -1.29. The number of hydrogen-bond acceptors (Lipinski definition) is 2. The Kier molecular flexibility index (Phi) is 2.47. The molecular formula is C12H9ClF2N2. The summed E-state index contributed by atoms with van der Waals surface area (Å²) in [4.78, 5) is 8.00. The lowest BCUT2D eigenvalue weighted by atomic mass is 10.0. The molecule has 0 radical (unpaired) electrons. The van der Waals surface area contributed by atoms with Gasteiger partial charge in [-0.3, -0.25) is 0 Å². The van der Waals surface area contributed by atoms with Crippen LogP contribution in [0.15, 0.2) is 18.5 Å². The van der Waals surface area contributed by atoms with Crippen LogP contribution in [0.5, 0.6) is 0 Å². The average molecular weight is 255 g/mol. The summed E-state index contributed by atoms with van der Waals surface area (Å²) in [7, 11) is 0. The van der Waals surface area contributed by atoms with Gasteiger partial charge in [0.25, 0.3) is 6.43 Å². The van der Waals surface area contributed by atoms with Crippen molar-refractivity contribution in [3.63, 3.8) is 0 Å². The van der Waals surface area contributed by atoms with Crippen LogP contribution >= 0.6 is 11.6 Å². The third-order valence-corrected chi connectivity index (χ3v) is 3.31. The maximum absolute atomic E-state index is 12.8. The number of hydrogen-bond donors (Lipinski definition) is 0. The van der Waals surface area contributed by atoms with Crippen molar-refractivity contribution in [2.75, 3.05) is 0 Å². The Morgan fingerprint density at radius 2 is 2.00 bits per heavy atom. The molecule has 2 nitrogen and oxygen atoms in total. The van der Waals surface area contributed by atoms with E-state index in [0.29, 0.717) is 16.8 Å². The maximum atomic E-state index is 12.8. The first kappa shape index (κ1) is 10.8. The van der Waals surface area contributed by atoms with E-state index in [-0.39, 0.29) is 10.7 Å². The molecule has 1 aliphatic rings. The Morgan fingerprint density at radius 1 is 1.24 bits per heavy atom. The first-order valence-electron chi connectivity index (χ1n) is 5.39. The predicted octanol–water partition coefficient (Wildman–Crippen LogP) is 4.10. The van der Waals surface area contributed by atoms with Gasteiger partial charge in [0.05, 0.1) is 5.52 Å². The zero-order valence-electron chi connectivity index (χ0n) is 8.83. The van der Waals surface area contributed by atoms with Crippen LogP contribution in [-0.4, -0.2) is 9.97 Å². The molecule has 0 spiro atoms. The monoisotopic (exact) mass is 254 g/mol. The highest BCUT2D eigenvalue weighted by Crippen LogP contribution is 2.44. The molecule has 0 aliphatic heterocycles. The van der Waals surface area contributed by atoms with Crippen molar-refractivity contribution < 1.29 is 8.78 Å². The topological polar surface area (TPSA) is 25.8 Å². The van der Waals surface area contributed by atoms with E-state index in [1.165, 1.54) is 12.4 Å². The largest absolute Gasteiger partial charge is 0.263 e. The van der Waals surface area contributed by atoms with E-state index >= 15 is 0 Å². The van der Waals surface area contributed by atoms with Crippen LogP contribution in [0.2, 0.25) is 5.15 Å². The molecule has 88 valence electrons. The van der Waals surface area contributed by atoms with E-state index in [4.69, 9.17) is 11.6 Å². The van der Waals surface area contributed by atoms with Gasteiger partial charge in [0, 0.05) is 10.9 Å². The van der Waals surface area contributed by atoms with Gasteiger partial charge in [-0.15, -0.1) is 0 Å². The molecular weight excluding hydrogens is 246 g/mol. The molecule has 1 aliphatic carbocycles. The Labute approximate surface area is 102 Å². The van der Waals surface area contributed by atoms with Crippen LogP contribution in [0, 0.1) is 0 Å². The van der Waals surface area contributed by atoms with Crippen molar-refractivity contribution in [1.29, 1.82) is 0 Å². The first-order chi connectivity index (χ1) is 8.16. The smallest absolute Gasteiger partial charge is 0.236 e. The molecule has 2 aromatic rings. The molecule has 1 saturated carbocycles. The molecule has 1 fully saturated rings. The summed E-state index contributed by atoms with van der Waals surface area (Å²) >= 11 is 5.93. The SMILES string of the molecule is FC(F)c1cc(C2CC2)c2ncnc(Cl)c2c1. The van der Waals surface area contributed by atoms with Crippen molar-refractivity contribution in [3.05, 3.63) is 34.7 Å². The predicted molar refractivity (Wildman–Crippen MR) is 61.5 cm³/mol. The lowest BCUT2D eigenvalue weighted by Crippen LogP contribution is -1.94. The van der Waals surface area contributed by atoms with Crippen LogP contribution < -0.4 is 0 Å². The number of aromatic nitrogens is 2. The molecule has 1 aromatic carbocycles. The van der Waals surface area contributed by atoms with Gasteiger partial charge >= 0.3 is 0 Å². The summed E-state index contributed by atoms with van der Waals surface area (Å²) < 4.78 is 25.6. The minimum atomic E-state index is -2.49. The van der Waals surface area contributed by atoms with Crippen LogP contribution in [0.4, 0.5) is 8.78 Å². The number of nitrogens with zero attached hydrogens (tertiary/aromatic N) is 2. The second-order valence-electron chi connectivity index (χ2n) is 4.25. The third-order valence-electron chi connectivity index (χ3n) is 3.01. The van der Waals surface area contributed by atoms with E-state index in [1.807, 2.05) is 0 Å². The minimum absolute atomic E-state index is 0.00361. The van der Waals surface area contributed by atoms with Crippen molar-refractivity contribution in [2.45, 2.75) is 25.2 Å². The summed E-state index contributed by atoms with van der Waals surface area (Å²) in [6, 6.07) is 2.93. The first-order valence-corrected chi connectivity index (χ1v) is 5.77. The summed E-state index contributed by atoms with van der Waals surface area (Å²) in [6.45, 7) is 0. The van der Waals surface area contributed by atoms with Gasteiger partial charge in [-0.2, -0.15) is 0 Å². The molecule has 0 bridgehead atoms. The van der Waals surface area contributed by atoms with E-state index in [0.717, 1.165) is 18.4 Å². The number of fused-ring (bicyclic) bond motifs is 1. The highest BCUT2D eigenvalue weighted by atomic mass is 35.5. The van der Waals surface area contributed by atoms with Gasteiger partial charge in [0.1, 0.15) is 11.5 Å². The van der Waals surface area contributed by atoms with Crippen LogP contribution in [0.3, 0.4) is 0 Å². The third kappa shape index (κ3) is 1.86. The lowest BCUT2D eigenvalue weighted by Gasteiger charge is -2.08. The summed E-state index contributed by atoms with van der Waals surface area (Å²) in [5, 5.41) is 0.758. The molecule has 0 N–H and O–H groups in total. The zero-order valence-corrected chi connectivity index (χ0v) is 9.59. The molecule has 0 amide bonds. The normalized spacial score (nSPS) is 15.8. The highest BCUT2D eigenvalue weighted by molar-refractivity contribution is 6.34. The zero-order chi connectivity index (χ0) is 12.0. The standard InChI is InChI=1S/C12H9ClF2N2/c13-11-9-4-7(12(14)15)3-8(6-1-2-6)10(9)16-5-17-11/h3-6,12H,1-2H2. The highest BCUT2D eigenvalue weighted by Gasteiger charge is 2.28. The Balaban J connectivity index is 2.31. The minimum Gasteiger partial charge on any atom is -0.236 e. The quantitative estimate of drug-likeness (QED) is 0.754. The molecule has 0 unspecified atom stereocenters. The summed E-state index contributed by atoms with van der Waals surface area (Å²) in [6.07, 6.45) is 0.944. The lowest BCUT2D eigenvalue weighted by molar-refractivity contribution is 0.151. The van der Waals surface area contributed by atoms with Crippen molar-refractivity contribution in [2.24, 2.45) is 0 Å². The van der Waals surface area contributed by atoms with Crippen LogP contribution in [-0.2, 0) is 0 Å². The maximum Gasteiger partial charge on any atom is 0.263 e. The van der Waals surface area contributed by atoms with Gasteiger partial charge in [0.15, 0.2) is 0 Å². The van der Waals surface area contributed by atoms with Gasteiger partial charge in [0.2, 0.25) is 0 Å². The Morgan fingerprint density at radius 3 is 2.65 bits per heavy atom. The fraction of sp³-hybridized carbons (Fsp3) is 0.333. The number of benzene rings is 1. The molecule has 5 heteroatoms. The molecule has 0 saturated heterocycles. The van der Waals surface area contributed by atoms with Gasteiger partial charge in [-0.05, 0) is 36.5 Å². The van der Waals surface area contributed by atoms with Gasteiger partial charge < -0.3 is 0 Å². The second-order valence-corrected chi connectivity index (χ2v) is 4.60. The molecule has 17 heavy (non-hydrogen) atoms. The molecule has 1 aromatic heterocycles. The molecule has 0 atom stereocenters. The van der Waals surface area contributed by atoms with E-state index in [2.05, 4.69) is 9.97 Å². The fourth-order valence-corrected chi connectivity index (χ4v) is 2.21. The molecule has 1 heterocycles. The van der Waals surface area contributed by atoms with E-state index in [1.54, 1.807) is 6.07 Å². The number of halogens is 3. The fourth-order valence-electron chi connectivity index (χ4n) is 2.02.